The van der Waals surface area contributed by atoms with Gasteiger partial charge in [0.25, 0.3) is 5.91 Å². The van der Waals surface area contributed by atoms with Gasteiger partial charge >= 0.3 is 0 Å². The van der Waals surface area contributed by atoms with Gasteiger partial charge in [-0.05, 0) is 43.7 Å². The molecule has 0 aliphatic carbocycles. The second-order valence-corrected chi connectivity index (χ2v) is 5.95. The highest BCUT2D eigenvalue weighted by molar-refractivity contribution is 5.95. The summed E-state index contributed by atoms with van der Waals surface area (Å²) in [5.41, 5.74) is 3.92. The molecule has 0 radical (unpaired) electrons. The quantitative estimate of drug-likeness (QED) is 0.710. The van der Waals surface area contributed by atoms with Gasteiger partial charge in [0, 0.05) is 11.3 Å². The number of amides is 1. The molecule has 1 heterocycles. The Kier molecular flexibility index (Phi) is 5.22. The van der Waals surface area contributed by atoms with Gasteiger partial charge in [-0.3, -0.25) is 9.89 Å². The molecule has 0 unspecified atom stereocenters. The smallest absolute Gasteiger partial charge is 0.263 e. The van der Waals surface area contributed by atoms with Gasteiger partial charge in [-0.25, -0.2) is 0 Å². The summed E-state index contributed by atoms with van der Waals surface area (Å²) in [7, 11) is 1.60. The van der Waals surface area contributed by atoms with Gasteiger partial charge in [0.2, 0.25) is 0 Å². The van der Waals surface area contributed by atoms with Crippen LogP contribution in [0.4, 0.5) is 5.82 Å². The molecule has 134 valence electrons. The maximum absolute atomic E-state index is 12.3. The van der Waals surface area contributed by atoms with Crippen molar-refractivity contribution in [2.24, 2.45) is 0 Å². The van der Waals surface area contributed by atoms with Crippen LogP contribution in [0, 0.1) is 13.8 Å². The molecule has 3 aromatic rings. The van der Waals surface area contributed by atoms with Crippen LogP contribution in [0.1, 0.15) is 11.3 Å². The van der Waals surface area contributed by atoms with Gasteiger partial charge in [0.1, 0.15) is 11.5 Å². The molecule has 0 saturated carbocycles. The molecular weight excluding hydrogens is 330 g/mol. The number of aromatic amines is 1. The number of carbonyl (C=O) groups excluding carboxylic acids is 1. The van der Waals surface area contributed by atoms with Crippen LogP contribution in [-0.2, 0) is 4.79 Å². The third kappa shape index (κ3) is 4.03. The molecule has 6 heteroatoms. The summed E-state index contributed by atoms with van der Waals surface area (Å²) in [5, 5.41) is 9.95. The van der Waals surface area contributed by atoms with E-state index in [-0.39, 0.29) is 12.5 Å². The maximum Gasteiger partial charge on any atom is 0.263 e. The molecular formula is C20H21N3O3. The van der Waals surface area contributed by atoms with Crippen molar-refractivity contribution in [3.8, 4) is 22.6 Å². The van der Waals surface area contributed by atoms with E-state index in [0.717, 1.165) is 28.1 Å². The molecule has 1 aromatic heterocycles. The average molecular weight is 351 g/mol. The molecule has 0 spiro atoms. The number of rotatable bonds is 6. The molecule has 0 atom stereocenters. The maximum atomic E-state index is 12.3. The van der Waals surface area contributed by atoms with E-state index in [1.54, 1.807) is 31.4 Å². The number of benzene rings is 2. The zero-order chi connectivity index (χ0) is 18.5. The van der Waals surface area contributed by atoms with Gasteiger partial charge in [0.05, 0.1) is 7.11 Å². The Labute approximate surface area is 152 Å². The number of hydrogen-bond acceptors (Lipinski definition) is 4. The van der Waals surface area contributed by atoms with Gasteiger partial charge in [0.15, 0.2) is 12.4 Å². The van der Waals surface area contributed by atoms with E-state index in [9.17, 15) is 4.79 Å². The molecule has 0 bridgehead atoms. The Morgan fingerprint density at radius 1 is 1.12 bits per heavy atom. The predicted molar refractivity (Wildman–Crippen MR) is 101 cm³/mol. The number of anilines is 1. The molecule has 3 rings (SSSR count). The van der Waals surface area contributed by atoms with Crippen molar-refractivity contribution in [1.82, 2.24) is 10.2 Å². The highest BCUT2D eigenvalue weighted by Crippen LogP contribution is 2.29. The van der Waals surface area contributed by atoms with Crippen molar-refractivity contribution >= 4 is 11.7 Å². The Bertz CT molecular complexity index is 901. The van der Waals surface area contributed by atoms with Crippen LogP contribution in [0.3, 0.4) is 0 Å². The minimum atomic E-state index is -0.277. The van der Waals surface area contributed by atoms with Gasteiger partial charge in [-0.15, -0.1) is 0 Å². The second kappa shape index (κ2) is 7.74. The van der Waals surface area contributed by atoms with E-state index in [4.69, 9.17) is 9.47 Å². The first-order chi connectivity index (χ1) is 12.6. The molecule has 26 heavy (non-hydrogen) atoms. The van der Waals surface area contributed by atoms with E-state index in [2.05, 4.69) is 21.6 Å². The van der Waals surface area contributed by atoms with Crippen molar-refractivity contribution in [2.75, 3.05) is 19.0 Å². The van der Waals surface area contributed by atoms with Crippen molar-refractivity contribution in [3.63, 3.8) is 0 Å². The largest absolute Gasteiger partial charge is 0.497 e. The molecule has 2 aromatic carbocycles. The lowest BCUT2D eigenvalue weighted by Crippen LogP contribution is -2.20. The van der Waals surface area contributed by atoms with Crippen LogP contribution in [-0.4, -0.2) is 29.8 Å². The number of aryl methyl sites for hydroxylation is 2. The fourth-order valence-corrected chi connectivity index (χ4v) is 2.66. The zero-order valence-corrected chi connectivity index (χ0v) is 15.0. The van der Waals surface area contributed by atoms with Crippen LogP contribution in [0.25, 0.3) is 11.1 Å². The number of aromatic nitrogens is 2. The third-order valence-electron chi connectivity index (χ3n) is 3.94. The van der Waals surface area contributed by atoms with E-state index < -0.39 is 0 Å². The minimum absolute atomic E-state index is 0.106. The van der Waals surface area contributed by atoms with Gasteiger partial charge in [-0.1, -0.05) is 29.8 Å². The molecule has 6 nitrogen and oxygen atoms in total. The summed E-state index contributed by atoms with van der Waals surface area (Å²) < 4.78 is 10.6. The normalized spacial score (nSPS) is 10.4. The number of ether oxygens (including phenoxy) is 2. The summed E-state index contributed by atoms with van der Waals surface area (Å²) in [5.74, 6) is 1.55. The summed E-state index contributed by atoms with van der Waals surface area (Å²) >= 11 is 0. The summed E-state index contributed by atoms with van der Waals surface area (Å²) in [6.07, 6.45) is 0. The molecule has 0 aliphatic rings. The molecule has 0 aliphatic heterocycles. The van der Waals surface area contributed by atoms with Crippen molar-refractivity contribution in [1.29, 1.82) is 0 Å². The number of nitrogens with one attached hydrogen (secondary N) is 2. The number of carbonyl (C=O) groups is 1. The number of nitrogens with zero attached hydrogens (tertiary/aromatic N) is 1. The van der Waals surface area contributed by atoms with E-state index in [1.165, 1.54) is 0 Å². The van der Waals surface area contributed by atoms with E-state index in [0.29, 0.717) is 11.6 Å². The van der Waals surface area contributed by atoms with Crippen molar-refractivity contribution in [2.45, 2.75) is 13.8 Å². The summed E-state index contributed by atoms with van der Waals surface area (Å²) in [6.45, 7) is 3.85. The molecule has 1 amide bonds. The second-order valence-electron chi connectivity index (χ2n) is 5.95. The summed E-state index contributed by atoms with van der Waals surface area (Å²) in [4.78, 5) is 12.3. The highest BCUT2D eigenvalue weighted by atomic mass is 16.5. The first kappa shape index (κ1) is 17.5. The molecule has 0 saturated heterocycles. The average Bonchev–Trinajstić information content (AvgIpc) is 3.00. The standard InChI is InChI=1S/C20H21N3O3/c1-13-5-4-6-15(11-13)19-14(2)22-23-20(19)21-18(24)12-26-17-9-7-16(25-3)8-10-17/h4-11H,12H2,1-3H3,(H2,21,22,23,24). The fourth-order valence-electron chi connectivity index (χ4n) is 2.66. The lowest BCUT2D eigenvalue weighted by Gasteiger charge is -2.09. The zero-order valence-electron chi connectivity index (χ0n) is 15.0. The summed E-state index contributed by atoms with van der Waals surface area (Å²) in [6, 6.07) is 15.1. The Balaban J connectivity index is 1.68. The molecule has 0 fully saturated rings. The topological polar surface area (TPSA) is 76.2 Å². The van der Waals surface area contributed by atoms with E-state index in [1.807, 2.05) is 32.0 Å². The van der Waals surface area contributed by atoms with Crippen LogP contribution >= 0.6 is 0 Å². The van der Waals surface area contributed by atoms with Crippen molar-refractivity contribution in [3.05, 3.63) is 59.8 Å². The Morgan fingerprint density at radius 3 is 2.54 bits per heavy atom. The first-order valence-electron chi connectivity index (χ1n) is 8.25. The van der Waals surface area contributed by atoms with Crippen LogP contribution < -0.4 is 14.8 Å². The van der Waals surface area contributed by atoms with Crippen LogP contribution in [0.15, 0.2) is 48.5 Å². The third-order valence-corrected chi connectivity index (χ3v) is 3.94. The number of methoxy groups -OCH3 is 1. The lowest BCUT2D eigenvalue weighted by molar-refractivity contribution is -0.118. The number of H-pyrrole nitrogens is 1. The van der Waals surface area contributed by atoms with Gasteiger partial charge < -0.3 is 14.8 Å². The van der Waals surface area contributed by atoms with E-state index >= 15 is 0 Å². The highest BCUT2D eigenvalue weighted by Gasteiger charge is 2.15. The van der Waals surface area contributed by atoms with Crippen LogP contribution in [0.2, 0.25) is 0 Å². The Hall–Kier alpha value is -3.28. The molecule has 2 N–H and O–H groups in total. The van der Waals surface area contributed by atoms with Gasteiger partial charge in [-0.2, -0.15) is 5.10 Å². The lowest BCUT2D eigenvalue weighted by atomic mass is 10.0. The predicted octanol–water partition coefficient (Wildman–Crippen LogP) is 3.72. The fraction of sp³-hybridized carbons (Fsp3) is 0.200. The SMILES string of the molecule is COc1ccc(OCC(=O)Nc2n[nH]c(C)c2-c2cccc(C)c2)cc1. The van der Waals surface area contributed by atoms with Crippen molar-refractivity contribution < 1.29 is 14.3 Å². The number of hydrogen-bond donors (Lipinski definition) is 2. The Morgan fingerprint density at radius 2 is 1.85 bits per heavy atom. The monoisotopic (exact) mass is 351 g/mol. The van der Waals surface area contributed by atoms with Crippen LogP contribution in [0.5, 0.6) is 11.5 Å². The minimum Gasteiger partial charge on any atom is -0.497 e. The first-order valence-corrected chi connectivity index (χ1v) is 8.25.